The fourth-order valence-electron chi connectivity index (χ4n) is 3.24. The summed E-state index contributed by atoms with van der Waals surface area (Å²) in [5.41, 5.74) is 2.54. The number of rotatable bonds is 3. The van der Waals surface area contributed by atoms with Crippen molar-refractivity contribution < 1.29 is 4.74 Å². The van der Waals surface area contributed by atoms with Crippen molar-refractivity contribution in [3.63, 3.8) is 0 Å². The van der Waals surface area contributed by atoms with E-state index >= 15 is 0 Å². The number of pyridine rings is 2. The lowest BCUT2D eigenvalue weighted by Gasteiger charge is -2.13. The van der Waals surface area contributed by atoms with Crippen LogP contribution in [0.3, 0.4) is 0 Å². The van der Waals surface area contributed by atoms with E-state index in [0.29, 0.717) is 0 Å². The van der Waals surface area contributed by atoms with Crippen LogP contribution in [0.2, 0.25) is 0 Å². The smallest absolute Gasteiger partial charge is 0.187 e. The predicted molar refractivity (Wildman–Crippen MR) is 95.6 cm³/mol. The third kappa shape index (κ3) is 2.60. The van der Waals surface area contributed by atoms with Crippen LogP contribution in [0.1, 0.15) is 6.42 Å². The quantitative estimate of drug-likeness (QED) is 0.625. The van der Waals surface area contributed by atoms with Crippen molar-refractivity contribution in [1.29, 1.82) is 0 Å². The number of aromatic nitrogens is 4. The van der Waals surface area contributed by atoms with Crippen LogP contribution >= 0.6 is 0 Å². The number of nitrogens with one attached hydrogen (secondary N) is 1. The molecule has 3 aromatic heterocycles. The Bertz CT molecular complexity index is 1050. The average Bonchev–Trinajstić information content (AvgIpc) is 3.31. The molecule has 1 fully saturated rings. The first kappa shape index (κ1) is 14.4. The molecule has 1 aromatic carbocycles. The molecule has 4 aromatic rings. The van der Waals surface area contributed by atoms with Crippen molar-refractivity contribution in [2.24, 2.45) is 0 Å². The highest BCUT2D eigenvalue weighted by Crippen LogP contribution is 2.24. The molecule has 6 heteroatoms. The van der Waals surface area contributed by atoms with Crippen LogP contribution in [0, 0.1) is 0 Å². The van der Waals surface area contributed by atoms with Crippen LogP contribution in [-0.2, 0) is 0 Å². The minimum Gasteiger partial charge on any atom is -0.489 e. The highest BCUT2D eigenvalue weighted by Gasteiger charge is 2.16. The van der Waals surface area contributed by atoms with E-state index in [2.05, 4.69) is 21.6 Å². The Labute approximate surface area is 144 Å². The van der Waals surface area contributed by atoms with Gasteiger partial charge >= 0.3 is 0 Å². The van der Waals surface area contributed by atoms with Gasteiger partial charge in [-0.3, -0.25) is 4.40 Å². The summed E-state index contributed by atoms with van der Waals surface area (Å²) in [5.74, 6) is 1.64. The van der Waals surface area contributed by atoms with Crippen molar-refractivity contribution in [3.05, 3.63) is 54.7 Å². The Balaban J connectivity index is 1.51. The zero-order chi connectivity index (χ0) is 16.6. The number of fused-ring (bicyclic) bond motifs is 2. The topological polar surface area (TPSA) is 64.3 Å². The van der Waals surface area contributed by atoms with Crippen molar-refractivity contribution in [1.82, 2.24) is 24.9 Å². The zero-order valence-electron chi connectivity index (χ0n) is 13.6. The fraction of sp³-hybridized carbons (Fsp3) is 0.211. The molecule has 124 valence electrons. The van der Waals surface area contributed by atoms with E-state index in [0.717, 1.165) is 53.3 Å². The Hall–Kier alpha value is -2.99. The van der Waals surface area contributed by atoms with E-state index in [1.165, 1.54) is 0 Å². The van der Waals surface area contributed by atoms with Crippen molar-refractivity contribution >= 4 is 16.6 Å². The molecule has 4 heterocycles. The Kier molecular flexibility index (Phi) is 3.34. The van der Waals surface area contributed by atoms with Crippen LogP contribution in [0.15, 0.2) is 54.7 Å². The lowest BCUT2D eigenvalue weighted by molar-refractivity contribution is 0.223. The van der Waals surface area contributed by atoms with E-state index < -0.39 is 0 Å². The summed E-state index contributed by atoms with van der Waals surface area (Å²) in [4.78, 5) is 4.75. The molecule has 1 aliphatic heterocycles. The van der Waals surface area contributed by atoms with E-state index in [-0.39, 0.29) is 6.10 Å². The van der Waals surface area contributed by atoms with Crippen LogP contribution in [0.25, 0.3) is 28.1 Å². The van der Waals surface area contributed by atoms with Crippen LogP contribution in [0.4, 0.5) is 0 Å². The van der Waals surface area contributed by atoms with Gasteiger partial charge in [-0.1, -0.05) is 12.1 Å². The normalized spacial score (nSPS) is 17.4. The molecule has 0 spiro atoms. The molecule has 0 radical (unpaired) electrons. The highest BCUT2D eigenvalue weighted by atomic mass is 16.5. The number of ether oxygens (including phenoxy) is 1. The second kappa shape index (κ2) is 5.82. The van der Waals surface area contributed by atoms with Crippen LogP contribution in [-0.4, -0.2) is 38.8 Å². The molecular formula is C19H17N5O. The maximum atomic E-state index is 6.03. The minimum absolute atomic E-state index is 0.257. The molecule has 0 aliphatic carbocycles. The van der Waals surface area contributed by atoms with Gasteiger partial charge < -0.3 is 10.1 Å². The molecule has 6 nitrogen and oxygen atoms in total. The van der Waals surface area contributed by atoms with Crippen LogP contribution < -0.4 is 10.1 Å². The molecule has 25 heavy (non-hydrogen) atoms. The highest BCUT2D eigenvalue weighted by molar-refractivity contribution is 5.82. The molecule has 5 rings (SSSR count). The standard InChI is InChI=1S/C19H17N5O/c1-2-10-24-18(3-1)22-23-19(24)17-6-4-13-11-14(5-7-16(13)21-17)25-15-8-9-20-12-15/h1-7,10-11,15,20H,8-9,12H2. The van der Waals surface area contributed by atoms with Gasteiger partial charge in [-0.25, -0.2) is 4.98 Å². The fourth-order valence-corrected chi connectivity index (χ4v) is 3.24. The van der Waals surface area contributed by atoms with Crippen LogP contribution in [0.5, 0.6) is 5.75 Å². The van der Waals surface area contributed by atoms with Gasteiger partial charge in [0, 0.05) is 18.1 Å². The van der Waals surface area contributed by atoms with Gasteiger partial charge in [0.25, 0.3) is 0 Å². The first-order chi connectivity index (χ1) is 12.4. The minimum atomic E-state index is 0.257. The maximum absolute atomic E-state index is 6.03. The maximum Gasteiger partial charge on any atom is 0.187 e. The summed E-state index contributed by atoms with van der Waals surface area (Å²) in [6.45, 7) is 1.94. The average molecular weight is 331 g/mol. The summed E-state index contributed by atoms with van der Waals surface area (Å²) < 4.78 is 7.97. The van der Waals surface area contributed by atoms with Gasteiger partial charge in [0.1, 0.15) is 17.5 Å². The van der Waals surface area contributed by atoms with Crippen molar-refractivity contribution in [2.75, 3.05) is 13.1 Å². The van der Waals surface area contributed by atoms with E-state index in [1.54, 1.807) is 0 Å². The molecule has 1 unspecified atom stereocenters. The molecule has 1 saturated heterocycles. The second-order valence-corrected chi connectivity index (χ2v) is 6.24. The number of hydrogen-bond donors (Lipinski definition) is 1. The Morgan fingerprint density at radius 3 is 3.00 bits per heavy atom. The van der Waals surface area contributed by atoms with E-state index in [9.17, 15) is 0 Å². The lowest BCUT2D eigenvalue weighted by Crippen LogP contribution is -2.19. The predicted octanol–water partition coefficient (Wildman–Crippen LogP) is 2.69. The van der Waals surface area contributed by atoms with Crippen molar-refractivity contribution in [3.8, 4) is 17.3 Å². The zero-order valence-corrected chi connectivity index (χ0v) is 13.6. The number of nitrogens with zero attached hydrogens (tertiary/aromatic N) is 4. The first-order valence-electron chi connectivity index (χ1n) is 8.45. The summed E-state index contributed by atoms with van der Waals surface area (Å²) in [6, 6.07) is 15.9. The van der Waals surface area contributed by atoms with Gasteiger partial charge in [-0.2, -0.15) is 0 Å². The second-order valence-electron chi connectivity index (χ2n) is 6.24. The molecule has 1 N–H and O–H groups in total. The first-order valence-corrected chi connectivity index (χ1v) is 8.45. The Morgan fingerprint density at radius 2 is 2.08 bits per heavy atom. The third-order valence-corrected chi connectivity index (χ3v) is 4.52. The Morgan fingerprint density at radius 1 is 1.08 bits per heavy atom. The number of benzene rings is 1. The molecular weight excluding hydrogens is 314 g/mol. The third-order valence-electron chi connectivity index (χ3n) is 4.52. The van der Waals surface area contributed by atoms with Crippen molar-refractivity contribution in [2.45, 2.75) is 12.5 Å². The molecule has 0 amide bonds. The van der Waals surface area contributed by atoms with Gasteiger partial charge in [0.05, 0.1) is 5.52 Å². The van der Waals surface area contributed by atoms with E-state index in [1.807, 2.05) is 53.1 Å². The largest absolute Gasteiger partial charge is 0.489 e. The summed E-state index contributed by atoms with van der Waals surface area (Å²) in [6.07, 6.45) is 3.25. The van der Waals surface area contributed by atoms with Gasteiger partial charge in [-0.15, -0.1) is 10.2 Å². The molecule has 1 aliphatic rings. The van der Waals surface area contributed by atoms with Gasteiger partial charge in [0.2, 0.25) is 0 Å². The van der Waals surface area contributed by atoms with Gasteiger partial charge in [-0.05, 0) is 49.4 Å². The van der Waals surface area contributed by atoms with E-state index in [4.69, 9.17) is 9.72 Å². The SMILES string of the molecule is c1ccn2c(-c3ccc4cc(OC5CCNC5)ccc4n3)nnc2c1. The monoisotopic (exact) mass is 331 g/mol. The summed E-state index contributed by atoms with van der Waals surface area (Å²) in [7, 11) is 0. The lowest BCUT2D eigenvalue weighted by atomic mass is 10.2. The summed E-state index contributed by atoms with van der Waals surface area (Å²) >= 11 is 0. The molecule has 0 bridgehead atoms. The molecule has 1 atom stereocenters. The molecule has 0 saturated carbocycles. The van der Waals surface area contributed by atoms with Gasteiger partial charge in [0.15, 0.2) is 11.5 Å². The summed E-state index contributed by atoms with van der Waals surface area (Å²) in [5, 5.41) is 12.8. The number of hydrogen-bond acceptors (Lipinski definition) is 5.